The van der Waals surface area contributed by atoms with Crippen LogP contribution in [0.25, 0.3) is 11.3 Å². The molecule has 0 atom stereocenters. The third-order valence-corrected chi connectivity index (χ3v) is 5.36. The Labute approximate surface area is 183 Å². The van der Waals surface area contributed by atoms with E-state index in [1.165, 1.54) is 0 Å². The number of esters is 1. The molecule has 7 nitrogen and oxygen atoms in total. The van der Waals surface area contributed by atoms with Crippen LogP contribution in [0, 0.1) is 11.3 Å². The Bertz CT molecular complexity index is 946. The van der Waals surface area contributed by atoms with Gasteiger partial charge in [0.15, 0.2) is 5.78 Å². The molecule has 0 aliphatic carbocycles. The van der Waals surface area contributed by atoms with Crippen molar-refractivity contribution in [2.75, 3.05) is 44.2 Å². The number of hydrogen-bond donors (Lipinski definition) is 0. The van der Waals surface area contributed by atoms with Crippen LogP contribution >= 0.6 is 0 Å². The van der Waals surface area contributed by atoms with E-state index in [0.29, 0.717) is 18.4 Å². The van der Waals surface area contributed by atoms with Gasteiger partial charge in [0.2, 0.25) is 0 Å². The largest absolute Gasteiger partial charge is 0.458 e. The Morgan fingerprint density at radius 2 is 1.90 bits per heavy atom. The van der Waals surface area contributed by atoms with Crippen molar-refractivity contribution in [2.24, 2.45) is 0 Å². The van der Waals surface area contributed by atoms with Gasteiger partial charge in [-0.2, -0.15) is 5.26 Å². The number of carbonyl (C=O) groups excluding carboxylic acids is 2. The molecule has 3 rings (SSSR count). The summed E-state index contributed by atoms with van der Waals surface area (Å²) >= 11 is 0. The number of carbonyl (C=O) groups is 2. The molecule has 0 unspecified atom stereocenters. The van der Waals surface area contributed by atoms with Gasteiger partial charge in [-0.1, -0.05) is 25.1 Å². The summed E-state index contributed by atoms with van der Waals surface area (Å²) in [4.78, 5) is 32.3. The highest BCUT2D eigenvalue weighted by Crippen LogP contribution is 2.22. The van der Waals surface area contributed by atoms with Crippen molar-refractivity contribution in [3.8, 4) is 17.3 Å². The van der Waals surface area contributed by atoms with Gasteiger partial charge in [-0.3, -0.25) is 14.5 Å². The van der Waals surface area contributed by atoms with Crippen LogP contribution in [0.3, 0.4) is 0 Å². The van der Waals surface area contributed by atoms with Gasteiger partial charge >= 0.3 is 5.97 Å². The molecule has 0 N–H and O–H groups in total. The number of ketones is 1. The zero-order valence-electron chi connectivity index (χ0n) is 17.9. The molecule has 1 fully saturated rings. The fourth-order valence-electron chi connectivity index (χ4n) is 3.49. The van der Waals surface area contributed by atoms with Gasteiger partial charge in [0, 0.05) is 44.6 Å². The number of ether oxygens (including phenoxy) is 1. The first-order valence-corrected chi connectivity index (χ1v) is 10.7. The molecule has 1 aliphatic heterocycles. The number of pyridine rings is 1. The van der Waals surface area contributed by atoms with Gasteiger partial charge in [0.05, 0.1) is 17.3 Å². The molecule has 2 aromatic rings. The number of hydrogen-bond acceptors (Lipinski definition) is 7. The van der Waals surface area contributed by atoms with Crippen molar-refractivity contribution in [3.05, 3.63) is 48.0 Å². The molecule has 0 radical (unpaired) electrons. The van der Waals surface area contributed by atoms with Crippen molar-refractivity contribution in [2.45, 2.75) is 26.2 Å². The molecular formula is C24H28N4O3. The van der Waals surface area contributed by atoms with E-state index in [0.717, 1.165) is 56.2 Å². The summed E-state index contributed by atoms with van der Waals surface area (Å²) in [5.74, 6) is 0.575. The molecule has 0 bridgehead atoms. The van der Waals surface area contributed by atoms with Gasteiger partial charge in [0.25, 0.3) is 0 Å². The minimum absolute atomic E-state index is 0.0556. The van der Waals surface area contributed by atoms with Crippen LogP contribution in [0.2, 0.25) is 0 Å². The number of benzene rings is 1. The topological polar surface area (TPSA) is 86.5 Å². The third kappa shape index (κ3) is 6.63. The Morgan fingerprint density at radius 1 is 1.13 bits per heavy atom. The number of nitrogens with zero attached hydrogens (tertiary/aromatic N) is 4. The SMILES string of the molecule is CCC(=O)COC(=O)CCCN1CCN(c2cccc(-c3cccc(C#N)c3)n2)CC1. The van der Waals surface area contributed by atoms with Crippen LogP contribution in [-0.4, -0.2) is 61.0 Å². The standard InChI is InChI=1S/C24H28N4O3/c1-2-21(29)18-31-24(30)10-5-11-27-12-14-28(15-13-27)23-9-4-8-22(26-23)20-7-3-6-19(16-20)17-25/h3-4,6-9,16H,2,5,10-15,18H2,1H3. The predicted molar refractivity (Wildman–Crippen MR) is 119 cm³/mol. The minimum atomic E-state index is -0.304. The van der Waals surface area contributed by atoms with Crippen molar-refractivity contribution < 1.29 is 14.3 Å². The van der Waals surface area contributed by atoms with Crippen LogP contribution < -0.4 is 4.90 Å². The summed E-state index contributed by atoms with van der Waals surface area (Å²) in [5.41, 5.74) is 2.42. The first-order valence-electron chi connectivity index (χ1n) is 10.7. The van der Waals surface area contributed by atoms with Crippen LogP contribution in [-0.2, 0) is 14.3 Å². The van der Waals surface area contributed by atoms with E-state index in [-0.39, 0.29) is 18.4 Å². The Kier molecular flexibility index (Phi) is 8.13. The highest BCUT2D eigenvalue weighted by atomic mass is 16.5. The first kappa shape index (κ1) is 22.4. The minimum Gasteiger partial charge on any atom is -0.458 e. The van der Waals surface area contributed by atoms with E-state index in [9.17, 15) is 9.59 Å². The average molecular weight is 421 g/mol. The van der Waals surface area contributed by atoms with Gasteiger partial charge < -0.3 is 9.64 Å². The van der Waals surface area contributed by atoms with Crippen LogP contribution in [0.5, 0.6) is 0 Å². The van der Waals surface area contributed by atoms with Gasteiger partial charge in [-0.15, -0.1) is 0 Å². The number of piperazine rings is 1. The highest BCUT2D eigenvalue weighted by Gasteiger charge is 2.18. The summed E-state index contributed by atoms with van der Waals surface area (Å²) in [5, 5.41) is 9.12. The fourth-order valence-corrected chi connectivity index (χ4v) is 3.49. The molecule has 0 spiro atoms. The summed E-state index contributed by atoms with van der Waals surface area (Å²) in [6.45, 7) is 6.01. The average Bonchev–Trinajstić information content (AvgIpc) is 2.83. The first-order chi connectivity index (χ1) is 15.1. The number of nitriles is 1. The van der Waals surface area contributed by atoms with Crippen molar-refractivity contribution in [3.63, 3.8) is 0 Å². The molecule has 162 valence electrons. The van der Waals surface area contributed by atoms with Crippen LogP contribution in [0.4, 0.5) is 5.82 Å². The van der Waals surface area contributed by atoms with E-state index in [2.05, 4.69) is 15.9 Å². The predicted octanol–water partition coefficient (Wildman–Crippen LogP) is 3.04. The summed E-state index contributed by atoms with van der Waals surface area (Å²) in [7, 11) is 0. The molecule has 1 aliphatic rings. The second-order valence-corrected chi connectivity index (χ2v) is 7.56. The lowest BCUT2D eigenvalue weighted by Crippen LogP contribution is -2.47. The van der Waals surface area contributed by atoms with E-state index < -0.39 is 0 Å². The quantitative estimate of drug-likeness (QED) is 0.576. The Morgan fingerprint density at radius 3 is 2.65 bits per heavy atom. The zero-order chi connectivity index (χ0) is 22.1. The molecule has 0 amide bonds. The molecule has 31 heavy (non-hydrogen) atoms. The van der Waals surface area contributed by atoms with Crippen molar-refractivity contribution in [1.29, 1.82) is 5.26 Å². The van der Waals surface area contributed by atoms with Crippen molar-refractivity contribution in [1.82, 2.24) is 9.88 Å². The Hall–Kier alpha value is -3.24. The Balaban J connectivity index is 1.46. The maximum absolute atomic E-state index is 11.7. The van der Waals surface area contributed by atoms with Crippen molar-refractivity contribution >= 4 is 17.6 Å². The van der Waals surface area contributed by atoms with Crippen LogP contribution in [0.15, 0.2) is 42.5 Å². The lowest BCUT2D eigenvalue weighted by molar-refractivity contribution is -0.148. The van der Waals surface area contributed by atoms with Crippen LogP contribution in [0.1, 0.15) is 31.7 Å². The number of aromatic nitrogens is 1. The molecule has 1 saturated heterocycles. The lowest BCUT2D eigenvalue weighted by Gasteiger charge is -2.35. The number of Topliss-reactive ketones (excluding diaryl/α,β-unsaturated/α-hetero) is 1. The molecule has 0 saturated carbocycles. The highest BCUT2D eigenvalue weighted by molar-refractivity contribution is 5.82. The summed E-state index contributed by atoms with van der Waals surface area (Å²) in [6.07, 6.45) is 1.45. The second kappa shape index (κ2) is 11.2. The second-order valence-electron chi connectivity index (χ2n) is 7.56. The number of rotatable bonds is 9. The van der Waals surface area contributed by atoms with Gasteiger partial charge in [0.1, 0.15) is 12.4 Å². The van der Waals surface area contributed by atoms with E-state index in [1.807, 2.05) is 36.4 Å². The molecule has 1 aromatic heterocycles. The summed E-state index contributed by atoms with van der Waals surface area (Å²) in [6, 6.07) is 15.6. The monoisotopic (exact) mass is 420 g/mol. The maximum Gasteiger partial charge on any atom is 0.306 e. The lowest BCUT2D eigenvalue weighted by atomic mass is 10.1. The maximum atomic E-state index is 11.7. The smallest absolute Gasteiger partial charge is 0.306 e. The van der Waals surface area contributed by atoms with Gasteiger partial charge in [-0.05, 0) is 37.2 Å². The number of anilines is 1. The van der Waals surface area contributed by atoms with E-state index >= 15 is 0 Å². The zero-order valence-corrected chi connectivity index (χ0v) is 17.9. The van der Waals surface area contributed by atoms with E-state index in [4.69, 9.17) is 15.0 Å². The normalized spacial score (nSPS) is 14.1. The van der Waals surface area contributed by atoms with Gasteiger partial charge in [-0.25, -0.2) is 4.98 Å². The molecular weight excluding hydrogens is 392 g/mol. The summed E-state index contributed by atoms with van der Waals surface area (Å²) < 4.78 is 4.98. The van der Waals surface area contributed by atoms with E-state index in [1.54, 1.807) is 13.0 Å². The molecule has 1 aromatic carbocycles. The molecule has 7 heteroatoms. The fraction of sp³-hybridized carbons (Fsp3) is 0.417. The molecule has 2 heterocycles. The third-order valence-electron chi connectivity index (χ3n) is 5.36.